The number of halogens is 2. The highest BCUT2D eigenvalue weighted by Crippen LogP contribution is 2.28. The zero-order valence-corrected chi connectivity index (χ0v) is 12.4. The molecule has 0 saturated carbocycles. The Morgan fingerprint density at radius 1 is 1.52 bits per heavy atom. The van der Waals surface area contributed by atoms with Gasteiger partial charge in [-0.1, -0.05) is 17.7 Å². The molecule has 1 aromatic rings. The van der Waals surface area contributed by atoms with Crippen LogP contribution in [0.5, 0.6) is 0 Å². The smallest absolute Gasteiger partial charge is 0.154 e. The Kier molecular flexibility index (Phi) is 5.72. The molecule has 0 amide bonds. The van der Waals surface area contributed by atoms with Crippen molar-refractivity contribution >= 4 is 17.4 Å². The summed E-state index contributed by atoms with van der Waals surface area (Å²) in [7, 11) is 0. The minimum Gasteiger partial charge on any atom is -0.378 e. The molecule has 2 atom stereocenters. The van der Waals surface area contributed by atoms with Crippen LogP contribution in [-0.2, 0) is 9.53 Å². The van der Waals surface area contributed by atoms with E-state index in [0.717, 1.165) is 31.9 Å². The van der Waals surface area contributed by atoms with Gasteiger partial charge < -0.3 is 4.74 Å². The molecule has 0 aliphatic carbocycles. The highest BCUT2D eigenvalue weighted by molar-refractivity contribution is 6.31. The van der Waals surface area contributed by atoms with Gasteiger partial charge in [-0.15, -0.1) is 0 Å². The van der Waals surface area contributed by atoms with Crippen LogP contribution in [0.3, 0.4) is 0 Å². The van der Waals surface area contributed by atoms with Crippen LogP contribution in [0.25, 0.3) is 0 Å². The van der Waals surface area contributed by atoms with E-state index in [1.165, 1.54) is 12.1 Å². The maximum Gasteiger partial charge on any atom is 0.154 e. The predicted molar refractivity (Wildman–Crippen MR) is 77.6 cm³/mol. The number of rotatable bonds is 5. The molecule has 1 fully saturated rings. The quantitative estimate of drug-likeness (QED) is 0.826. The van der Waals surface area contributed by atoms with Crippen LogP contribution in [0.1, 0.15) is 43.6 Å². The van der Waals surface area contributed by atoms with Gasteiger partial charge in [0.15, 0.2) is 5.78 Å². The Hall–Kier alpha value is -1.44. The number of ketones is 1. The van der Waals surface area contributed by atoms with Crippen LogP contribution in [0.15, 0.2) is 18.2 Å². The van der Waals surface area contributed by atoms with Crippen LogP contribution >= 0.6 is 11.6 Å². The fraction of sp³-hybridized carbons (Fsp3) is 0.500. The first kappa shape index (κ1) is 15.9. The van der Waals surface area contributed by atoms with E-state index in [9.17, 15) is 14.4 Å². The van der Waals surface area contributed by atoms with E-state index in [0.29, 0.717) is 12.0 Å². The summed E-state index contributed by atoms with van der Waals surface area (Å²) in [6.07, 6.45) is 4.14. The van der Waals surface area contributed by atoms with Crippen LogP contribution in [0.2, 0.25) is 5.02 Å². The van der Waals surface area contributed by atoms with Crippen molar-refractivity contribution in [3.05, 3.63) is 34.6 Å². The third kappa shape index (κ3) is 4.26. The largest absolute Gasteiger partial charge is 0.378 e. The average Bonchev–Trinajstić information content (AvgIpc) is 2.49. The van der Waals surface area contributed by atoms with E-state index in [1.807, 2.05) is 6.07 Å². The summed E-state index contributed by atoms with van der Waals surface area (Å²) in [5.74, 6) is -1.62. The lowest BCUT2D eigenvalue weighted by atomic mass is 9.92. The van der Waals surface area contributed by atoms with Gasteiger partial charge in [-0.25, -0.2) is 4.39 Å². The molecule has 112 valence electrons. The number of Topliss-reactive ketones (excluding diaryl/α,β-unsaturated/α-hetero) is 1. The lowest BCUT2D eigenvalue weighted by molar-refractivity contribution is -0.120. The second kappa shape index (κ2) is 7.53. The van der Waals surface area contributed by atoms with Crippen molar-refractivity contribution in [3.8, 4) is 6.07 Å². The minimum atomic E-state index is -0.943. The number of carbonyl (C=O) groups excluding carboxylic acids is 1. The summed E-state index contributed by atoms with van der Waals surface area (Å²) in [6.45, 7) is 0.740. The van der Waals surface area contributed by atoms with E-state index >= 15 is 0 Å². The monoisotopic (exact) mass is 309 g/mol. The number of benzene rings is 1. The molecule has 0 bridgehead atoms. The zero-order chi connectivity index (χ0) is 15.2. The highest BCUT2D eigenvalue weighted by Gasteiger charge is 2.24. The number of hydrogen-bond acceptors (Lipinski definition) is 3. The number of hydrogen-bond donors (Lipinski definition) is 0. The second-order valence-corrected chi connectivity index (χ2v) is 5.63. The van der Waals surface area contributed by atoms with Gasteiger partial charge in [0.05, 0.1) is 12.2 Å². The Balaban J connectivity index is 1.99. The molecule has 0 N–H and O–H groups in total. The fourth-order valence-electron chi connectivity index (χ4n) is 2.53. The van der Waals surface area contributed by atoms with E-state index in [2.05, 4.69) is 0 Å². The fourth-order valence-corrected chi connectivity index (χ4v) is 2.81. The second-order valence-electron chi connectivity index (χ2n) is 5.22. The van der Waals surface area contributed by atoms with Crippen molar-refractivity contribution in [1.82, 2.24) is 0 Å². The standard InChI is InChI=1S/C16H17ClFNO2/c17-15-9-11(18)4-6-13(15)14(10-19)16(20)7-5-12-3-1-2-8-21-12/h4,6,9,12,14H,1-3,5,7-8H2. The van der Waals surface area contributed by atoms with Gasteiger partial charge in [-0.2, -0.15) is 5.26 Å². The Labute approximate surface area is 128 Å². The first-order valence-electron chi connectivity index (χ1n) is 7.10. The highest BCUT2D eigenvalue weighted by atomic mass is 35.5. The maximum absolute atomic E-state index is 13.0. The van der Waals surface area contributed by atoms with Crippen LogP contribution < -0.4 is 0 Å². The van der Waals surface area contributed by atoms with Crippen molar-refractivity contribution in [2.24, 2.45) is 0 Å². The molecule has 1 aliphatic rings. The summed E-state index contributed by atoms with van der Waals surface area (Å²) in [5, 5.41) is 9.34. The van der Waals surface area contributed by atoms with Gasteiger partial charge in [0.2, 0.25) is 0 Å². The molecule has 5 heteroatoms. The number of ether oxygens (including phenoxy) is 1. The number of nitrogens with zero attached hydrogens (tertiary/aromatic N) is 1. The number of carbonyl (C=O) groups is 1. The van der Waals surface area contributed by atoms with Gasteiger partial charge in [0.25, 0.3) is 0 Å². The molecule has 3 nitrogen and oxygen atoms in total. The molecule has 1 aromatic carbocycles. The molecule has 0 aromatic heterocycles. The molecule has 2 unspecified atom stereocenters. The van der Waals surface area contributed by atoms with Crippen molar-refractivity contribution in [2.45, 2.75) is 44.1 Å². The van der Waals surface area contributed by atoms with E-state index in [-0.39, 0.29) is 23.3 Å². The van der Waals surface area contributed by atoms with Gasteiger partial charge >= 0.3 is 0 Å². The van der Waals surface area contributed by atoms with Crippen LogP contribution in [0, 0.1) is 17.1 Å². The third-order valence-electron chi connectivity index (χ3n) is 3.71. The Morgan fingerprint density at radius 3 is 2.95 bits per heavy atom. The summed E-state index contributed by atoms with van der Waals surface area (Å²) in [4.78, 5) is 12.2. The van der Waals surface area contributed by atoms with Gasteiger partial charge in [-0.05, 0) is 43.4 Å². The van der Waals surface area contributed by atoms with Crippen molar-refractivity contribution in [3.63, 3.8) is 0 Å². The van der Waals surface area contributed by atoms with Crippen LogP contribution in [-0.4, -0.2) is 18.5 Å². The van der Waals surface area contributed by atoms with Crippen molar-refractivity contribution in [1.29, 1.82) is 5.26 Å². The van der Waals surface area contributed by atoms with Gasteiger partial charge in [0.1, 0.15) is 11.7 Å². The number of nitriles is 1. The summed E-state index contributed by atoms with van der Waals surface area (Å²) in [6, 6.07) is 5.71. The summed E-state index contributed by atoms with van der Waals surface area (Å²) in [5.41, 5.74) is 0.370. The minimum absolute atomic E-state index is 0.103. The van der Waals surface area contributed by atoms with E-state index < -0.39 is 11.7 Å². The Morgan fingerprint density at radius 2 is 2.33 bits per heavy atom. The predicted octanol–water partition coefficient (Wildman–Crippen LogP) is 4.00. The van der Waals surface area contributed by atoms with Gasteiger partial charge in [-0.3, -0.25) is 4.79 Å². The lowest BCUT2D eigenvalue weighted by Gasteiger charge is -2.22. The van der Waals surface area contributed by atoms with Crippen LogP contribution in [0.4, 0.5) is 4.39 Å². The molecular weight excluding hydrogens is 293 g/mol. The first-order valence-corrected chi connectivity index (χ1v) is 7.48. The normalized spacial score (nSPS) is 19.8. The lowest BCUT2D eigenvalue weighted by Crippen LogP contribution is -2.21. The topological polar surface area (TPSA) is 50.1 Å². The average molecular weight is 310 g/mol. The first-order chi connectivity index (χ1) is 10.1. The maximum atomic E-state index is 13.0. The zero-order valence-electron chi connectivity index (χ0n) is 11.6. The third-order valence-corrected chi connectivity index (χ3v) is 4.04. The van der Waals surface area contributed by atoms with E-state index in [4.69, 9.17) is 16.3 Å². The molecule has 1 aliphatic heterocycles. The Bertz CT molecular complexity index is 550. The summed E-state index contributed by atoms with van der Waals surface area (Å²) < 4.78 is 18.6. The molecule has 1 heterocycles. The summed E-state index contributed by atoms with van der Waals surface area (Å²) >= 11 is 5.93. The molecule has 21 heavy (non-hydrogen) atoms. The SMILES string of the molecule is N#CC(C(=O)CCC1CCCCO1)c1ccc(F)cc1Cl. The molecule has 1 saturated heterocycles. The molecular formula is C16H17ClFNO2. The van der Waals surface area contributed by atoms with Gasteiger partial charge in [0, 0.05) is 18.1 Å². The van der Waals surface area contributed by atoms with E-state index in [1.54, 1.807) is 0 Å². The van der Waals surface area contributed by atoms with Crippen molar-refractivity contribution in [2.75, 3.05) is 6.61 Å². The molecule has 2 rings (SSSR count). The molecule has 0 spiro atoms. The van der Waals surface area contributed by atoms with Crippen molar-refractivity contribution < 1.29 is 13.9 Å². The molecule has 0 radical (unpaired) electrons.